The van der Waals surface area contributed by atoms with E-state index in [1.807, 2.05) is 13.8 Å². The lowest BCUT2D eigenvalue weighted by atomic mass is 10.1. The molecular weight excluding hydrogens is 291 g/mol. The van der Waals surface area contributed by atoms with Crippen molar-refractivity contribution in [3.05, 3.63) is 33.8 Å². The molecule has 0 saturated heterocycles. The van der Waals surface area contributed by atoms with E-state index in [0.29, 0.717) is 15.6 Å². The molecule has 1 aromatic rings. The summed E-state index contributed by atoms with van der Waals surface area (Å²) in [6, 6.07) is 4.92. The average Bonchev–Trinajstić information content (AvgIpc) is 2.27. The van der Waals surface area contributed by atoms with E-state index >= 15 is 0 Å². The first-order valence-electron chi connectivity index (χ1n) is 5.85. The van der Waals surface area contributed by atoms with Gasteiger partial charge in [-0.25, -0.2) is 8.42 Å². The minimum atomic E-state index is -3.25. The Bertz CT molecular complexity index is 524. The lowest BCUT2D eigenvalue weighted by Crippen LogP contribution is -2.27. The molecule has 0 amide bonds. The van der Waals surface area contributed by atoms with Crippen LogP contribution in [0.2, 0.25) is 10.0 Å². The van der Waals surface area contributed by atoms with Gasteiger partial charge >= 0.3 is 0 Å². The standard InChI is InChI=1S/C13H18Cl2O2S/c1-8(2)9(3)18(16,17)10(4)12-6-5-11(14)7-13(12)15/h5-10H,1-4H3. The molecule has 0 aliphatic rings. The van der Waals surface area contributed by atoms with Crippen molar-refractivity contribution >= 4 is 33.0 Å². The van der Waals surface area contributed by atoms with Crippen molar-refractivity contribution in [2.75, 3.05) is 0 Å². The smallest absolute Gasteiger partial charge is 0.159 e. The lowest BCUT2D eigenvalue weighted by Gasteiger charge is -2.22. The van der Waals surface area contributed by atoms with Gasteiger partial charge in [0.05, 0.1) is 10.5 Å². The van der Waals surface area contributed by atoms with Crippen molar-refractivity contribution in [1.82, 2.24) is 0 Å². The van der Waals surface area contributed by atoms with Crippen LogP contribution >= 0.6 is 23.2 Å². The first kappa shape index (κ1) is 15.8. The zero-order valence-corrected chi connectivity index (χ0v) is 13.3. The quantitative estimate of drug-likeness (QED) is 0.820. The molecule has 2 atom stereocenters. The number of hydrogen-bond donors (Lipinski definition) is 0. The number of sulfone groups is 1. The summed E-state index contributed by atoms with van der Waals surface area (Å²) in [6.45, 7) is 7.21. The van der Waals surface area contributed by atoms with Crippen LogP contribution in [0.1, 0.15) is 38.5 Å². The Morgan fingerprint density at radius 2 is 1.61 bits per heavy atom. The van der Waals surface area contributed by atoms with Crippen LogP contribution in [0, 0.1) is 5.92 Å². The summed E-state index contributed by atoms with van der Waals surface area (Å²) in [5, 5.41) is -0.126. The highest BCUT2D eigenvalue weighted by atomic mass is 35.5. The molecule has 0 radical (unpaired) electrons. The van der Waals surface area contributed by atoms with Gasteiger partial charge in [-0.1, -0.05) is 43.1 Å². The molecule has 2 unspecified atom stereocenters. The zero-order chi connectivity index (χ0) is 14.1. The van der Waals surface area contributed by atoms with E-state index in [2.05, 4.69) is 0 Å². The highest BCUT2D eigenvalue weighted by molar-refractivity contribution is 7.92. The summed E-state index contributed by atoms with van der Waals surface area (Å²) < 4.78 is 24.8. The molecule has 1 aromatic carbocycles. The first-order valence-corrected chi connectivity index (χ1v) is 8.22. The van der Waals surface area contributed by atoms with Crippen molar-refractivity contribution in [2.24, 2.45) is 5.92 Å². The first-order chi connectivity index (χ1) is 8.17. The normalized spacial score (nSPS) is 15.7. The van der Waals surface area contributed by atoms with Gasteiger partial charge in [0.1, 0.15) is 0 Å². The van der Waals surface area contributed by atoms with Gasteiger partial charge in [0.25, 0.3) is 0 Å². The fraction of sp³-hybridized carbons (Fsp3) is 0.538. The van der Waals surface area contributed by atoms with E-state index < -0.39 is 20.3 Å². The number of halogens is 2. The summed E-state index contributed by atoms with van der Waals surface area (Å²) in [5.74, 6) is 0.0727. The van der Waals surface area contributed by atoms with Gasteiger partial charge in [-0.15, -0.1) is 0 Å². The molecule has 18 heavy (non-hydrogen) atoms. The lowest BCUT2D eigenvalue weighted by molar-refractivity contribution is 0.537. The van der Waals surface area contributed by atoms with E-state index in [9.17, 15) is 8.42 Å². The highest BCUT2D eigenvalue weighted by Gasteiger charge is 2.31. The molecule has 2 nitrogen and oxygen atoms in total. The zero-order valence-electron chi connectivity index (χ0n) is 10.9. The van der Waals surface area contributed by atoms with Crippen LogP contribution in [-0.4, -0.2) is 13.7 Å². The Morgan fingerprint density at radius 3 is 2.06 bits per heavy atom. The van der Waals surface area contributed by atoms with Crippen molar-refractivity contribution in [1.29, 1.82) is 0 Å². The predicted molar refractivity (Wildman–Crippen MR) is 78.1 cm³/mol. The molecule has 0 fully saturated rings. The average molecular weight is 309 g/mol. The largest absolute Gasteiger partial charge is 0.228 e. The molecule has 5 heteroatoms. The summed E-state index contributed by atoms with van der Waals surface area (Å²) in [6.07, 6.45) is 0. The van der Waals surface area contributed by atoms with Gasteiger partial charge in [0, 0.05) is 10.0 Å². The van der Waals surface area contributed by atoms with Crippen molar-refractivity contribution < 1.29 is 8.42 Å². The monoisotopic (exact) mass is 308 g/mol. The minimum absolute atomic E-state index is 0.0727. The Labute approximate surface area is 119 Å². The van der Waals surface area contributed by atoms with Gasteiger partial charge < -0.3 is 0 Å². The fourth-order valence-corrected chi connectivity index (χ4v) is 4.31. The molecular formula is C13H18Cl2O2S. The van der Waals surface area contributed by atoms with Crippen LogP contribution < -0.4 is 0 Å². The maximum Gasteiger partial charge on any atom is 0.159 e. The highest BCUT2D eigenvalue weighted by Crippen LogP contribution is 2.34. The van der Waals surface area contributed by atoms with Crippen molar-refractivity contribution in [3.8, 4) is 0 Å². The molecule has 1 rings (SSSR count). The van der Waals surface area contributed by atoms with E-state index in [0.717, 1.165) is 0 Å². The number of hydrogen-bond acceptors (Lipinski definition) is 2. The Hall–Kier alpha value is -0.250. The third-order valence-corrected chi connectivity index (χ3v) is 6.73. The van der Waals surface area contributed by atoms with E-state index in [1.165, 1.54) is 0 Å². The van der Waals surface area contributed by atoms with Gasteiger partial charge in [0.15, 0.2) is 9.84 Å². The fourth-order valence-electron chi connectivity index (χ4n) is 1.71. The second-order valence-corrected chi connectivity index (χ2v) is 8.32. The summed E-state index contributed by atoms with van der Waals surface area (Å²) in [4.78, 5) is 0. The predicted octanol–water partition coefficient (Wildman–Crippen LogP) is 4.51. The molecule has 102 valence electrons. The Balaban J connectivity index is 3.18. The van der Waals surface area contributed by atoms with Crippen molar-refractivity contribution in [2.45, 2.75) is 38.2 Å². The van der Waals surface area contributed by atoms with E-state index in [4.69, 9.17) is 23.2 Å². The SMILES string of the molecule is CC(C)C(C)S(=O)(=O)C(C)c1ccc(Cl)cc1Cl. The second-order valence-electron chi connectivity index (χ2n) is 4.85. The Morgan fingerprint density at radius 1 is 1.06 bits per heavy atom. The molecule has 0 saturated carbocycles. The van der Waals surface area contributed by atoms with Crippen LogP contribution in [0.25, 0.3) is 0 Å². The van der Waals surface area contributed by atoms with Gasteiger partial charge in [-0.05, 0) is 37.5 Å². The van der Waals surface area contributed by atoms with Gasteiger partial charge in [-0.2, -0.15) is 0 Å². The molecule has 0 bridgehead atoms. The van der Waals surface area contributed by atoms with Crippen LogP contribution in [-0.2, 0) is 9.84 Å². The summed E-state index contributed by atoms with van der Waals surface area (Å²) in [7, 11) is -3.25. The van der Waals surface area contributed by atoms with Gasteiger partial charge in [-0.3, -0.25) is 0 Å². The molecule has 0 aliphatic carbocycles. The molecule has 0 N–H and O–H groups in total. The summed E-state index contributed by atoms with van der Waals surface area (Å²) >= 11 is 11.9. The second kappa shape index (κ2) is 5.81. The van der Waals surface area contributed by atoms with Crippen LogP contribution in [0.15, 0.2) is 18.2 Å². The maximum absolute atomic E-state index is 12.4. The third-order valence-electron chi connectivity index (χ3n) is 3.35. The molecule has 0 heterocycles. The molecule has 0 spiro atoms. The van der Waals surface area contributed by atoms with E-state index in [-0.39, 0.29) is 5.92 Å². The minimum Gasteiger partial charge on any atom is -0.228 e. The van der Waals surface area contributed by atoms with Crippen molar-refractivity contribution in [3.63, 3.8) is 0 Å². The number of rotatable bonds is 4. The molecule has 0 aromatic heterocycles. The number of benzene rings is 1. The van der Waals surface area contributed by atoms with Crippen LogP contribution in [0.3, 0.4) is 0 Å². The van der Waals surface area contributed by atoms with Crippen LogP contribution in [0.4, 0.5) is 0 Å². The van der Waals surface area contributed by atoms with E-state index in [1.54, 1.807) is 32.0 Å². The van der Waals surface area contributed by atoms with Gasteiger partial charge in [0.2, 0.25) is 0 Å². The summed E-state index contributed by atoms with van der Waals surface area (Å²) in [5.41, 5.74) is 0.605. The topological polar surface area (TPSA) is 34.1 Å². The third kappa shape index (κ3) is 3.19. The molecule has 0 aliphatic heterocycles. The Kier molecular flexibility index (Phi) is 5.10. The van der Waals surface area contributed by atoms with Crippen LogP contribution in [0.5, 0.6) is 0 Å². The maximum atomic E-state index is 12.4.